The molecule has 0 bridgehead atoms. The first kappa shape index (κ1) is 20.5. The number of nitrogens with one attached hydrogen (secondary N) is 1. The molecule has 0 spiro atoms. The van der Waals surface area contributed by atoms with Crippen molar-refractivity contribution in [3.8, 4) is 0 Å². The van der Waals surface area contributed by atoms with E-state index in [0.717, 1.165) is 41.8 Å². The molecule has 3 aliphatic rings. The van der Waals surface area contributed by atoms with Crippen molar-refractivity contribution in [2.45, 2.75) is 38.6 Å². The van der Waals surface area contributed by atoms with Gasteiger partial charge in [-0.05, 0) is 51.4 Å². The van der Waals surface area contributed by atoms with E-state index in [1.54, 1.807) is 25.8 Å². The second-order valence-corrected chi connectivity index (χ2v) is 7.81. The normalized spacial score (nSPS) is 23.7. The van der Waals surface area contributed by atoms with Gasteiger partial charge in [-0.1, -0.05) is 6.42 Å². The Bertz CT molecular complexity index is 840. The average molecular weight is 411 g/mol. The molecule has 1 aromatic rings. The number of rotatable bonds is 7. The van der Waals surface area contributed by atoms with Gasteiger partial charge in [0.1, 0.15) is 18.0 Å². The van der Waals surface area contributed by atoms with Crippen molar-refractivity contribution in [1.82, 2.24) is 14.9 Å². The number of fused-ring (bicyclic) bond motifs is 1. The van der Waals surface area contributed by atoms with Crippen molar-refractivity contribution >= 4 is 17.9 Å². The Balaban J connectivity index is 1.36. The van der Waals surface area contributed by atoms with Crippen LogP contribution in [-0.4, -0.2) is 66.4 Å². The molecule has 2 aliphatic heterocycles. The van der Waals surface area contributed by atoms with E-state index in [4.69, 9.17) is 9.47 Å². The summed E-state index contributed by atoms with van der Waals surface area (Å²) in [5.41, 5.74) is 0.796. The van der Waals surface area contributed by atoms with Gasteiger partial charge in [0, 0.05) is 6.54 Å². The molecule has 30 heavy (non-hydrogen) atoms. The molecular formula is C22H30N6O2. The lowest BCUT2D eigenvalue weighted by Crippen LogP contribution is -2.35. The predicted molar refractivity (Wildman–Crippen MR) is 118 cm³/mol. The minimum Gasteiger partial charge on any atom is -0.493 e. The summed E-state index contributed by atoms with van der Waals surface area (Å²) in [6.45, 7) is 6.04. The summed E-state index contributed by atoms with van der Waals surface area (Å²) in [6.07, 6.45) is 14.2. The lowest BCUT2D eigenvalue weighted by Gasteiger charge is -2.29. The Labute approximate surface area is 177 Å². The Hall–Kier alpha value is -2.74. The lowest BCUT2D eigenvalue weighted by molar-refractivity contribution is 0.149. The van der Waals surface area contributed by atoms with E-state index in [-0.39, 0.29) is 12.0 Å². The molecule has 1 N–H and O–H groups in total. The van der Waals surface area contributed by atoms with Crippen LogP contribution in [0.4, 0.5) is 5.69 Å². The van der Waals surface area contributed by atoms with Crippen LogP contribution in [0.25, 0.3) is 0 Å². The third-order valence-corrected chi connectivity index (χ3v) is 5.61. The highest BCUT2D eigenvalue weighted by Crippen LogP contribution is 2.29. The first-order valence-electron chi connectivity index (χ1n) is 10.7. The van der Waals surface area contributed by atoms with Crippen LogP contribution in [0.1, 0.15) is 31.5 Å². The number of likely N-dealkylation sites (tertiary alicyclic amines) is 1. The molecule has 0 saturated carbocycles. The van der Waals surface area contributed by atoms with Gasteiger partial charge in [0.25, 0.3) is 0 Å². The van der Waals surface area contributed by atoms with E-state index in [2.05, 4.69) is 30.2 Å². The maximum absolute atomic E-state index is 6.08. The number of methoxy groups -OCH3 is 1. The molecular weight excluding hydrogens is 380 g/mol. The number of nitrogens with zero attached hydrogens (tertiary/aromatic N) is 5. The van der Waals surface area contributed by atoms with Gasteiger partial charge in [-0.15, -0.1) is 0 Å². The summed E-state index contributed by atoms with van der Waals surface area (Å²) >= 11 is 0. The second-order valence-electron chi connectivity index (χ2n) is 7.81. The van der Waals surface area contributed by atoms with Gasteiger partial charge in [-0.2, -0.15) is 0 Å². The topological polar surface area (TPSA) is 84.2 Å². The van der Waals surface area contributed by atoms with E-state index in [1.807, 2.05) is 19.1 Å². The van der Waals surface area contributed by atoms with Gasteiger partial charge < -0.3 is 19.7 Å². The highest BCUT2D eigenvalue weighted by molar-refractivity contribution is 6.03. The van der Waals surface area contributed by atoms with Crippen LogP contribution in [0.2, 0.25) is 0 Å². The number of aliphatic imine (C=N–C) groups is 2. The average Bonchev–Trinajstić information content (AvgIpc) is 2.78. The highest BCUT2D eigenvalue weighted by atomic mass is 16.5. The molecule has 0 aromatic carbocycles. The van der Waals surface area contributed by atoms with E-state index in [0.29, 0.717) is 6.61 Å². The highest BCUT2D eigenvalue weighted by Gasteiger charge is 2.32. The zero-order valence-corrected chi connectivity index (χ0v) is 17.8. The molecule has 8 heteroatoms. The van der Waals surface area contributed by atoms with Gasteiger partial charge in [-0.3, -0.25) is 4.99 Å². The summed E-state index contributed by atoms with van der Waals surface area (Å²) in [7, 11) is 1.67. The minimum atomic E-state index is -0.0765. The maximum Gasteiger partial charge on any atom is 0.159 e. The summed E-state index contributed by atoms with van der Waals surface area (Å²) in [5.74, 6) is 2.95. The van der Waals surface area contributed by atoms with E-state index in [9.17, 15) is 0 Å². The van der Waals surface area contributed by atoms with Crippen LogP contribution in [-0.2, 0) is 9.47 Å². The molecule has 1 saturated heterocycles. The van der Waals surface area contributed by atoms with Crippen LogP contribution >= 0.6 is 0 Å². The molecule has 8 nitrogen and oxygen atoms in total. The maximum atomic E-state index is 6.08. The lowest BCUT2D eigenvalue weighted by atomic mass is 9.91. The summed E-state index contributed by atoms with van der Waals surface area (Å²) in [4.78, 5) is 20.0. The molecule has 1 fully saturated rings. The monoisotopic (exact) mass is 410 g/mol. The Morgan fingerprint density at radius 3 is 2.67 bits per heavy atom. The van der Waals surface area contributed by atoms with Crippen molar-refractivity contribution < 1.29 is 9.47 Å². The number of aryl methyl sites for hydroxylation is 1. The summed E-state index contributed by atoms with van der Waals surface area (Å²) in [5, 5.41) is 3.31. The van der Waals surface area contributed by atoms with E-state index < -0.39 is 0 Å². The summed E-state index contributed by atoms with van der Waals surface area (Å²) in [6, 6.07) is -0.0765. The quantitative estimate of drug-likeness (QED) is 0.696. The molecule has 1 aliphatic carbocycles. The number of anilines is 1. The van der Waals surface area contributed by atoms with Gasteiger partial charge in [0.05, 0.1) is 43.8 Å². The van der Waals surface area contributed by atoms with Gasteiger partial charge >= 0.3 is 0 Å². The van der Waals surface area contributed by atoms with Crippen molar-refractivity contribution in [2.24, 2.45) is 15.9 Å². The van der Waals surface area contributed by atoms with Crippen LogP contribution in [0.15, 0.2) is 46.0 Å². The standard InChI is InChI=1S/C22H30N6O2/c1-16-23-13-17(14-24-16)27-22-18-11-20(29-2)21(12-19(18)25-15-26-22)30-10-6-9-28-7-4-3-5-8-28/h11-15,18-19H,3-10H2,1-2H3,(H,25,26,27). The van der Waals surface area contributed by atoms with Gasteiger partial charge in [0.2, 0.25) is 0 Å². The van der Waals surface area contributed by atoms with E-state index in [1.165, 1.54) is 32.4 Å². The first-order chi connectivity index (χ1) is 14.7. The summed E-state index contributed by atoms with van der Waals surface area (Å²) < 4.78 is 11.7. The molecule has 0 radical (unpaired) electrons. The van der Waals surface area contributed by atoms with Crippen molar-refractivity contribution in [3.63, 3.8) is 0 Å². The van der Waals surface area contributed by atoms with Crippen molar-refractivity contribution in [3.05, 3.63) is 41.9 Å². The smallest absolute Gasteiger partial charge is 0.159 e. The van der Waals surface area contributed by atoms with Crippen molar-refractivity contribution in [1.29, 1.82) is 0 Å². The molecule has 2 atom stereocenters. The van der Waals surface area contributed by atoms with Crippen LogP contribution in [0, 0.1) is 12.8 Å². The van der Waals surface area contributed by atoms with Crippen molar-refractivity contribution in [2.75, 3.05) is 38.7 Å². The third-order valence-electron chi connectivity index (χ3n) is 5.61. The molecule has 1 aromatic heterocycles. The molecule has 0 amide bonds. The fraction of sp³-hybridized carbons (Fsp3) is 0.545. The minimum absolute atomic E-state index is 0.0491. The van der Waals surface area contributed by atoms with E-state index >= 15 is 0 Å². The Morgan fingerprint density at radius 2 is 1.90 bits per heavy atom. The SMILES string of the molecule is COC1=CC2C(Nc3cnc(C)nc3)=NC=NC2C=C1OCCCN1CCCCC1. The van der Waals surface area contributed by atoms with Crippen LogP contribution in [0.3, 0.4) is 0 Å². The number of aromatic nitrogens is 2. The number of hydrogen-bond acceptors (Lipinski definition) is 8. The zero-order chi connectivity index (χ0) is 20.8. The second kappa shape index (κ2) is 9.84. The van der Waals surface area contributed by atoms with Gasteiger partial charge in [0.15, 0.2) is 11.5 Å². The fourth-order valence-electron chi connectivity index (χ4n) is 3.98. The predicted octanol–water partition coefficient (Wildman–Crippen LogP) is 2.94. The molecule has 4 rings (SSSR count). The number of ether oxygens (including phenoxy) is 2. The third kappa shape index (κ3) is 5.05. The largest absolute Gasteiger partial charge is 0.493 e. The Kier molecular flexibility index (Phi) is 6.74. The number of amidine groups is 1. The molecule has 2 unspecified atom stereocenters. The first-order valence-corrected chi connectivity index (χ1v) is 10.7. The molecule has 3 heterocycles. The zero-order valence-electron chi connectivity index (χ0n) is 17.8. The fourth-order valence-corrected chi connectivity index (χ4v) is 3.98. The number of piperidine rings is 1. The Morgan fingerprint density at radius 1 is 1.10 bits per heavy atom. The molecule has 160 valence electrons. The van der Waals surface area contributed by atoms with Gasteiger partial charge in [-0.25, -0.2) is 15.0 Å². The van der Waals surface area contributed by atoms with Crippen LogP contribution < -0.4 is 5.32 Å². The van der Waals surface area contributed by atoms with Crippen LogP contribution in [0.5, 0.6) is 0 Å². The number of hydrogen-bond donors (Lipinski definition) is 1.